The van der Waals surface area contributed by atoms with Gasteiger partial charge >= 0.3 is 0 Å². The van der Waals surface area contributed by atoms with E-state index in [1.807, 2.05) is 4.90 Å². The fourth-order valence-corrected chi connectivity index (χ4v) is 1.78. The van der Waals surface area contributed by atoms with E-state index in [1.165, 1.54) is 0 Å². The minimum absolute atomic E-state index is 0.0293. The molecule has 0 bridgehead atoms. The van der Waals surface area contributed by atoms with Crippen LogP contribution in [0.5, 0.6) is 0 Å². The lowest BCUT2D eigenvalue weighted by Crippen LogP contribution is -2.33. The topological polar surface area (TPSA) is 3.24 Å². The van der Waals surface area contributed by atoms with Gasteiger partial charge in [0.25, 0.3) is 6.43 Å². The van der Waals surface area contributed by atoms with E-state index in [2.05, 4.69) is 6.92 Å². The van der Waals surface area contributed by atoms with E-state index in [4.69, 9.17) is 0 Å². The summed E-state index contributed by atoms with van der Waals surface area (Å²) in [4.78, 5) is 1.91. The van der Waals surface area contributed by atoms with Gasteiger partial charge < -0.3 is 0 Å². The molecule has 0 unspecified atom stereocenters. The third kappa shape index (κ3) is 2.40. The summed E-state index contributed by atoms with van der Waals surface area (Å²) in [6.45, 7) is 2.90. The first kappa shape index (κ1) is 8.91. The molecule has 0 aromatic heterocycles. The van der Waals surface area contributed by atoms with Crippen LogP contribution in [0.2, 0.25) is 0 Å². The van der Waals surface area contributed by atoms with Gasteiger partial charge in [0.15, 0.2) is 0 Å². The molecular formula is C8H15F2N. The number of halogens is 2. The van der Waals surface area contributed by atoms with E-state index in [-0.39, 0.29) is 6.54 Å². The van der Waals surface area contributed by atoms with E-state index >= 15 is 0 Å². The Morgan fingerprint density at radius 3 is 2.82 bits per heavy atom. The van der Waals surface area contributed by atoms with Gasteiger partial charge in [0.2, 0.25) is 0 Å². The Labute approximate surface area is 66.4 Å². The number of likely N-dealkylation sites (tertiary alicyclic amines) is 1. The summed E-state index contributed by atoms with van der Waals surface area (Å²) < 4.78 is 23.9. The van der Waals surface area contributed by atoms with Gasteiger partial charge in [-0.3, -0.25) is 4.90 Å². The van der Waals surface area contributed by atoms with E-state index < -0.39 is 6.43 Å². The summed E-state index contributed by atoms with van der Waals surface area (Å²) in [6.07, 6.45) is 1.03. The molecule has 1 saturated heterocycles. The van der Waals surface area contributed by atoms with Crippen LogP contribution in [0.25, 0.3) is 0 Å². The summed E-state index contributed by atoms with van der Waals surface area (Å²) in [7, 11) is 0. The molecular weight excluding hydrogens is 148 g/mol. The number of hydrogen-bond acceptors (Lipinski definition) is 1. The lowest BCUT2D eigenvalue weighted by Gasteiger charge is -2.22. The molecule has 0 spiro atoms. The Kier molecular flexibility index (Phi) is 3.24. The summed E-state index contributed by atoms with van der Waals surface area (Å²) in [5, 5.41) is 0. The zero-order chi connectivity index (χ0) is 8.27. The average Bonchev–Trinajstić information content (AvgIpc) is 2.34. The zero-order valence-electron chi connectivity index (χ0n) is 6.89. The molecule has 1 rings (SSSR count). The third-order valence-electron chi connectivity index (χ3n) is 2.34. The fraction of sp³-hybridized carbons (Fsp3) is 1.00. The van der Waals surface area contributed by atoms with Crippen LogP contribution in [0.15, 0.2) is 0 Å². The molecule has 1 aliphatic rings. The van der Waals surface area contributed by atoms with Crippen LogP contribution in [0, 0.1) is 0 Å². The molecule has 0 N–H and O–H groups in total. The van der Waals surface area contributed by atoms with Crippen molar-refractivity contribution in [2.45, 2.75) is 38.7 Å². The van der Waals surface area contributed by atoms with Gasteiger partial charge in [0, 0.05) is 6.04 Å². The van der Waals surface area contributed by atoms with Crippen molar-refractivity contribution in [2.24, 2.45) is 0 Å². The average molecular weight is 163 g/mol. The molecule has 0 radical (unpaired) electrons. The molecule has 66 valence electrons. The molecule has 1 atom stereocenters. The molecule has 3 heteroatoms. The molecule has 11 heavy (non-hydrogen) atoms. The van der Waals surface area contributed by atoms with Crippen molar-refractivity contribution in [3.63, 3.8) is 0 Å². The largest absolute Gasteiger partial charge is 0.295 e. The fourth-order valence-electron chi connectivity index (χ4n) is 1.78. The summed E-state index contributed by atoms with van der Waals surface area (Å²) in [5.41, 5.74) is 0. The molecule has 1 fully saturated rings. The Bertz CT molecular complexity index is 117. The third-order valence-corrected chi connectivity index (χ3v) is 2.34. The molecule has 0 aromatic rings. The number of rotatable bonds is 3. The summed E-state index contributed by atoms with van der Waals surface area (Å²) >= 11 is 0. The highest BCUT2D eigenvalue weighted by atomic mass is 19.3. The van der Waals surface area contributed by atoms with Crippen molar-refractivity contribution < 1.29 is 8.78 Å². The second-order valence-electron chi connectivity index (χ2n) is 3.09. The summed E-state index contributed by atoms with van der Waals surface area (Å²) in [5.74, 6) is 0. The van der Waals surface area contributed by atoms with E-state index in [9.17, 15) is 8.78 Å². The predicted molar refractivity (Wildman–Crippen MR) is 40.9 cm³/mol. The van der Waals surface area contributed by atoms with Gasteiger partial charge in [-0.15, -0.1) is 0 Å². The Morgan fingerprint density at radius 1 is 1.55 bits per heavy atom. The first-order chi connectivity index (χ1) is 5.24. The second-order valence-corrected chi connectivity index (χ2v) is 3.09. The summed E-state index contributed by atoms with van der Waals surface area (Å²) in [6, 6.07) is 0.420. The van der Waals surface area contributed by atoms with Crippen molar-refractivity contribution in [2.75, 3.05) is 13.1 Å². The maximum atomic E-state index is 12.0. The zero-order valence-corrected chi connectivity index (χ0v) is 6.89. The SMILES string of the molecule is CC[C@@H]1CCCN1CC(F)F. The van der Waals surface area contributed by atoms with Gasteiger partial charge in [-0.25, -0.2) is 8.78 Å². The number of hydrogen-bond donors (Lipinski definition) is 0. The second kappa shape index (κ2) is 4.00. The first-order valence-electron chi connectivity index (χ1n) is 4.26. The number of alkyl halides is 2. The van der Waals surface area contributed by atoms with Crippen molar-refractivity contribution >= 4 is 0 Å². The molecule has 0 amide bonds. The molecule has 1 nitrogen and oxygen atoms in total. The van der Waals surface area contributed by atoms with Gasteiger partial charge in [0.1, 0.15) is 0 Å². The van der Waals surface area contributed by atoms with Crippen LogP contribution in [0.4, 0.5) is 8.78 Å². The van der Waals surface area contributed by atoms with E-state index in [0.29, 0.717) is 6.04 Å². The highest BCUT2D eigenvalue weighted by Crippen LogP contribution is 2.20. The van der Waals surface area contributed by atoms with E-state index in [1.54, 1.807) is 0 Å². The minimum Gasteiger partial charge on any atom is -0.295 e. The van der Waals surface area contributed by atoms with Gasteiger partial charge in [0.05, 0.1) is 6.54 Å². The highest BCUT2D eigenvalue weighted by molar-refractivity contribution is 4.77. The maximum Gasteiger partial charge on any atom is 0.251 e. The van der Waals surface area contributed by atoms with Gasteiger partial charge in [-0.05, 0) is 25.8 Å². The molecule has 0 saturated carbocycles. The van der Waals surface area contributed by atoms with Crippen LogP contribution >= 0.6 is 0 Å². The molecule has 0 aliphatic carbocycles. The van der Waals surface area contributed by atoms with Crippen molar-refractivity contribution in [1.29, 1.82) is 0 Å². The Hall–Kier alpha value is -0.180. The standard InChI is InChI=1S/C8H15F2N/c1-2-7-4-3-5-11(7)6-8(9)10/h7-8H,2-6H2,1H3/t7-/m1/s1. The Morgan fingerprint density at radius 2 is 2.27 bits per heavy atom. The van der Waals surface area contributed by atoms with Crippen molar-refractivity contribution in [3.05, 3.63) is 0 Å². The predicted octanol–water partition coefficient (Wildman–Crippen LogP) is 2.13. The highest BCUT2D eigenvalue weighted by Gasteiger charge is 2.24. The van der Waals surface area contributed by atoms with Crippen molar-refractivity contribution in [3.8, 4) is 0 Å². The van der Waals surface area contributed by atoms with Crippen LogP contribution in [-0.4, -0.2) is 30.5 Å². The lowest BCUT2D eigenvalue weighted by molar-refractivity contribution is 0.0815. The molecule has 1 heterocycles. The molecule has 0 aromatic carbocycles. The molecule has 1 aliphatic heterocycles. The van der Waals surface area contributed by atoms with Gasteiger partial charge in [-0.1, -0.05) is 6.92 Å². The quantitative estimate of drug-likeness (QED) is 0.616. The van der Waals surface area contributed by atoms with Crippen LogP contribution in [0.3, 0.4) is 0 Å². The van der Waals surface area contributed by atoms with Crippen molar-refractivity contribution in [1.82, 2.24) is 4.90 Å². The maximum absolute atomic E-state index is 12.0. The van der Waals surface area contributed by atoms with Gasteiger partial charge in [-0.2, -0.15) is 0 Å². The monoisotopic (exact) mass is 163 g/mol. The van der Waals surface area contributed by atoms with Crippen LogP contribution in [-0.2, 0) is 0 Å². The normalized spacial score (nSPS) is 26.7. The van der Waals surface area contributed by atoms with Crippen LogP contribution in [0.1, 0.15) is 26.2 Å². The lowest BCUT2D eigenvalue weighted by atomic mass is 10.2. The Balaban J connectivity index is 2.31. The number of nitrogens with zero attached hydrogens (tertiary/aromatic N) is 1. The smallest absolute Gasteiger partial charge is 0.251 e. The van der Waals surface area contributed by atoms with Crippen LogP contribution < -0.4 is 0 Å². The first-order valence-corrected chi connectivity index (χ1v) is 4.26. The van der Waals surface area contributed by atoms with E-state index in [0.717, 1.165) is 25.8 Å². The minimum atomic E-state index is -2.16.